The molecule has 0 bridgehead atoms. The summed E-state index contributed by atoms with van der Waals surface area (Å²) in [7, 11) is 3.16. The van der Waals surface area contributed by atoms with Crippen LogP contribution in [0.3, 0.4) is 0 Å². The first kappa shape index (κ1) is 15.3. The van der Waals surface area contributed by atoms with Crippen LogP contribution in [0.2, 0.25) is 0 Å². The Morgan fingerprint density at radius 2 is 2.43 bits per heavy atom. The van der Waals surface area contributed by atoms with Crippen LogP contribution in [0.1, 0.15) is 11.1 Å². The lowest BCUT2D eigenvalue weighted by molar-refractivity contribution is -0.132. The number of morpholine rings is 1. The van der Waals surface area contributed by atoms with Gasteiger partial charge in [0, 0.05) is 20.1 Å². The second-order valence-corrected chi connectivity index (χ2v) is 4.82. The van der Waals surface area contributed by atoms with Crippen molar-refractivity contribution >= 4 is 5.91 Å². The van der Waals surface area contributed by atoms with Gasteiger partial charge in [0.05, 0.1) is 25.9 Å². The summed E-state index contributed by atoms with van der Waals surface area (Å²) >= 11 is 0. The number of carbonyl (C=O) groups excluding carboxylic acids is 1. The Hall–Kier alpha value is -2.10. The number of hydrogen-bond acceptors (Lipinski definition) is 5. The van der Waals surface area contributed by atoms with E-state index in [9.17, 15) is 4.79 Å². The first-order chi connectivity index (χ1) is 10.2. The summed E-state index contributed by atoms with van der Waals surface area (Å²) in [6.07, 6.45) is 0. The standard InChI is InChI=1S/C15H19N3O3/c1-17-15(19)13-10-21-6-5-18(13)9-11-3-4-14(20-2)12(7-11)8-16/h3-4,7,13H,5-6,9-10H2,1-2H3,(H,17,19). The van der Waals surface area contributed by atoms with Crippen molar-refractivity contribution in [3.05, 3.63) is 29.3 Å². The van der Waals surface area contributed by atoms with Gasteiger partial charge in [0.2, 0.25) is 5.91 Å². The van der Waals surface area contributed by atoms with Crippen LogP contribution in [0.5, 0.6) is 5.75 Å². The lowest BCUT2D eigenvalue weighted by atomic mass is 10.1. The van der Waals surface area contributed by atoms with E-state index in [0.29, 0.717) is 37.6 Å². The van der Waals surface area contributed by atoms with Crippen molar-refractivity contribution in [2.24, 2.45) is 0 Å². The topological polar surface area (TPSA) is 74.6 Å². The maximum absolute atomic E-state index is 11.9. The lowest BCUT2D eigenvalue weighted by Gasteiger charge is -2.34. The Labute approximate surface area is 124 Å². The highest BCUT2D eigenvalue weighted by Crippen LogP contribution is 2.21. The Kier molecular flexibility index (Phi) is 5.14. The van der Waals surface area contributed by atoms with Crippen LogP contribution in [-0.2, 0) is 16.1 Å². The summed E-state index contributed by atoms with van der Waals surface area (Å²) in [5.41, 5.74) is 1.47. The second kappa shape index (κ2) is 7.07. The van der Waals surface area contributed by atoms with Gasteiger partial charge in [-0.3, -0.25) is 9.69 Å². The van der Waals surface area contributed by atoms with E-state index < -0.39 is 0 Å². The predicted molar refractivity (Wildman–Crippen MR) is 76.8 cm³/mol. The summed E-state index contributed by atoms with van der Waals surface area (Å²) < 4.78 is 10.5. The summed E-state index contributed by atoms with van der Waals surface area (Å²) in [5, 5.41) is 11.8. The quantitative estimate of drug-likeness (QED) is 0.874. The van der Waals surface area contributed by atoms with Gasteiger partial charge in [-0.1, -0.05) is 6.07 Å². The van der Waals surface area contributed by atoms with Crippen LogP contribution in [0.25, 0.3) is 0 Å². The molecule has 1 atom stereocenters. The zero-order valence-corrected chi connectivity index (χ0v) is 12.3. The molecule has 2 rings (SSSR count). The highest BCUT2D eigenvalue weighted by atomic mass is 16.5. The van der Waals surface area contributed by atoms with Crippen molar-refractivity contribution in [2.45, 2.75) is 12.6 Å². The minimum absolute atomic E-state index is 0.0521. The smallest absolute Gasteiger partial charge is 0.239 e. The first-order valence-corrected chi connectivity index (χ1v) is 6.80. The van der Waals surface area contributed by atoms with Gasteiger partial charge in [0.25, 0.3) is 0 Å². The van der Waals surface area contributed by atoms with Crippen LogP contribution < -0.4 is 10.1 Å². The SMILES string of the molecule is CNC(=O)C1COCCN1Cc1ccc(OC)c(C#N)c1. The minimum atomic E-state index is -0.295. The first-order valence-electron chi connectivity index (χ1n) is 6.80. The third-order valence-electron chi connectivity index (χ3n) is 3.56. The van der Waals surface area contributed by atoms with Crippen molar-refractivity contribution < 1.29 is 14.3 Å². The van der Waals surface area contributed by atoms with E-state index in [4.69, 9.17) is 14.7 Å². The van der Waals surface area contributed by atoms with Crippen LogP contribution in [-0.4, -0.2) is 50.8 Å². The van der Waals surface area contributed by atoms with Gasteiger partial charge in [-0.05, 0) is 17.7 Å². The molecule has 21 heavy (non-hydrogen) atoms. The molecule has 6 heteroatoms. The Morgan fingerprint density at radius 3 is 3.10 bits per heavy atom. The van der Waals surface area contributed by atoms with E-state index in [2.05, 4.69) is 16.3 Å². The number of benzene rings is 1. The van der Waals surface area contributed by atoms with Crippen LogP contribution in [0, 0.1) is 11.3 Å². The maximum atomic E-state index is 11.9. The van der Waals surface area contributed by atoms with E-state index >= 15 is 0 Å². The fourth-order valence-electron chi connectivity index (χ4n) is 2.41. The Morgan fingerprint density at radius 1 is 1.62 bits per heavy atom. The molecule has 0 saturated carbocycles. The predicted octanol–water partition coefficient (Wildman–Crippen LogP) is 0.514. The van der Waals surface area contributed by atoms with Crippen LogP contribution in [0.4, 0.5) is 0 Å². The molecule has 1 N–H and O–H groups in total. The average molecular weight is 289 g/mol. The maximum Gasteiger partial charge on any atom is 0.239 e. The molecule has 1 saturated heterocycles. The molecule has 0 aliphatic carbocycles. The van der Waals surface area contributed by atoms with Crippen molar-refractivity contribution in [3.63, 3.8) is 0 Å². The second-order valence-electron chi connectivity index (χ2n) is 4.82. The molecule has 1 aliphatic rings. The van der Waals surface area contributed by atoms with E-state index in [1.165, 1.54) is 0 Å². The van der Waals surface area contributed by atoms with Gasteiger partial charge in [-0.15, -0.1) is 0 Å². The molecule has 0 aromatic heterocycles. The summed E-state index contributed by atoms with van der Waals surface area (Å²) in [6.45, 7) is 2.28. The molecule has 1 aromatic rings. The number of methoxy groups -OCH3 is 1. The number of nitrogens with zero attached hydrogens (tertiary/aromatic N) is 2. The van der Waals surface area contributed by atoms with Crippen molar-refractivity contribution in [2.75, 3.05) is 33.9 Å². The molecule has 1 fully saturated rings. The van der Waals surface area contributed by atoms with Gasteiger partial charge in [-0.2, -0.15) is 5.26 Å². The number of hydrogen-bond donors (Lipinski definition) is 1. The van der Waals surface area contributed by atoms with E-state index in [-0.39, 0.29) is 11.9 Å². The van der Waals surface area contributed by atoms with Crippen molar-refractivity contribution in [3.8, 4) is 11.8 Å². The van der Waals surface area contributed by atoms with Gasteiger partial charge in [0.1, 0.15) is 17.9 Å². The minimum Gasteiger partial charge on any atom is -0.495 e. The molecule has 6 nitrogen and oxygen atoms in total. The number of nitriles is 1. The summed E-state index contributed by atoms with van der Waals surface area (Å²) in [5.74, 6) is 0.509. The summed E-state index contributed by atoms with van der Waals surface area (Å²) in [6, 6.07) is 7.32. The number of rotatable bonds is 4. The highest BCUT2D eigenvalue weighted by Gasteiger charge is 2.28. The fourth-order valence-corrected chi connectivity index (χ4v) is 2.41. The number of nitrogens with one attached hydrogen (secondary N) is 1. The molecule has 1 aliphatic heterocycles. The van der Waals surface area contributed by atoms with Crippen LogP contribution in [0.15, 0.2) is 18.2 Å². The number of likely N-dealkylation sites (N-methyl/N-ethyl adjacent to an activating group) is 1. The van der Waals surface area contributed by atoms with Gasteiger partial charge < -0.3 is 14.8 Å². The van der Waals surface area contributed by atoms with Gasteiger partial charge >= 0.3 is 0 Å². The third-order valence-corrected chi connectivity index (χ3v) is 3.56. The van der Waals surface area contributed by atoms with Gasteiger partial charge in [0.15, 0.2) is 0 Å². The molecular weight excluding hydrogens is 270 g/mol. The normalized spacial score (nSPS) is 18.8. The van der Waals surface area contributed by atoms with Crippen molar-refractivity contribution in [1.29, 1.82) is 5.26 Å². The zero-order chi connectivity index (χ0) is 15.2. The van der Waals surface area contributed by atoms with E-state index in [1.807, 2.05) is 6.07 Å². The molecule has 1 heterocycles. The molecule has 0 radical (unpaired) electrons. The lowest BCUT2D eigenvalue weighted by Crippen LogP contribution is -2.52. The van der Waals surface area contributed by atoms with Crippen molar-refractivity contribution in [1.82, 2.24) is 10.2 Å². The molecule has 112 valence electrons. The summed E-state index contributed by atoms with van der Waals surface area (Å²) in [4.78, 5) is 13.9. The Balaban J connectivity index is 2.16. The average Bonchev–Trinajstić information content (AvgIpc) is 2.54. The molecular formula is C15H19N3O3. The number of ether oxygens (including phenoxy) is 2. The van der Waals surface area contributed by atoms with Crippen LogP contribution >= 0.6 is 0 Å². The highest BCUT2D eigenvalue weighted by molar-refractivity contribution is 5.81. The largest absolute Gasteiger partial charge is 0.495 e. The fraction of sp³-hybridized carbons (Fsp3) is 0.467. The molecule has 1 amide bonds. The Bertz CT molecular complexity index is 554. The molecule has 1 unspecified atom stereocenters. The third kappa shape index (κ3) is 3.51. The molecule has 1 aromatic carbocycles. The zero-order valence-electron chi connectivity index (χ0n) is 12.3. The monoisotopic (exact) mass is 289 g/mol. The molecule has 0 spiro atoms. The van der Waals surface area contributed by atoms with E-state index in [0.717, 1.165) is 5.56 Å². The number of carbonyl (C=O) groups is 1. The van der Waals surface area contributed by atoms with E-state index in [1.54, 1.807) is 26.3 Å². The number of amides is 1. The van der Waals surface area contributed by atoms with Gasteiger partial charge in [-0.25, -0.2) is 0 Å².